The highest BCUT2D eigenvalue weighted by molar-refractivity contribution is 7.89. The predicted molar refractivity (Wildman–Crippen MR) is 117 cm³/mol. The van der Waals surface area contributed by atoms with Crippen molar-refractivity contribution in [3.63, 3.8) is 0 Å². The lowest BCUT2D eigenvalue weighted by molar-refractivity contribution is -0.127. The summed E-state index contributed by atoms with van der Waals surface area (Å²) < 4.78 is 27.9. The zero-order chi connectivity index (χ0) is 21.1. The van der Waals surface area contributed by atoms with Crippen LogP contribution in [0.15, 0.2) is 23.1 Å². The first-order chi connectivity index (χ1) is 14.2. The van der Waals surface area contributed by atoms with Crippen LogP contribution in [-0.4, -0.2) is 36.8 Å². The van der Waals surface area contributed by atoms with E-state index in [9.17, 15) is 13.2 Å². The van der Waals surface area contributed by atoms with E-state index in [0.29, 0.717) is 18.0 Å². The summed E-state index contributed by atoms with van der Waals surface area (Å²) in [5.74, 6) is 2.26. The molecule has 0 aromatic heterocycles. The lowest BCUT2D eigenvalue weighted by Crippen LogP contribution is -2.60. The highest BCUT2D eigenvalue weighted by atomic mass is 35.5. The molecule has 0 spiro atoms. The van der Waals surface area contributed by atoms with Gasteiger partial charge in [-0.2, -0.15) is 4.31 Å². The highest BCUT2D eigenvalue weighted by Crippen LogP contribution is 2.55. The Kier molecular flexibility index (Phi) is 5.36. The molecule has 30 heavy (non-hydrogen) atoms. The molecule has 4 saturated carbocycles. The van der Waals surface area contributed by atoms with Crippen LogP contribution in [0, 0.1) is 17.8 Å². The Morgan fingerprint density at radius 1 is 1.10 bits per heavy atom. The molecule has 1 aliphatic heterocycles. The number of benzene rings is 1. The van der Waals surface area contributed by atoms with E-state index < -0.39 is 10.0 Å². The first-order valence-electron chi connectivity index (χ1n) is 11.0. The molecule has 4 bridgehead atoms. The molecule has 1 aromatic rings. The molecule has 1 unspecified atom stereocenters. The maximum Gasteiger partial charge on any atom is 0.244 e. The SMILES string of the molecule is O=C(CC1CCCN1S(=O)(=O)c1ccc(Cl)cc1Cl)NC12CC3CC(CC(C3)C1)C2. The molecule has 1 aromatic carbocycles. The lowest BCUT2D eigenvalue weighted by Gasteiger charge is -2.57. The number of nitrogens with one attached hydrogen (secondary N) is 1. The van der Waals surface area contributed by atoms with E-state index >= 15 is 0 Å². The van der Waals surface area contributed by atoms with Gasteiger partial charge in [0.25, 0.3) is 0 Å². The van der Waals surface area contributed by atoms with Gasteiger partial charge in [0.15, 0.2) is 0 Å². The third kappa shape index (κ3) is 3.78. The fourth-order valence-corrected chi connectivity index (χ4v) is 9.41. The van der Waals surface area contributed by atoms with Crippen molar-refractivity contribution in [1.82, 2.24) is 9.62 Å². The molecule has 8 heteroatoms. The average Bonchev–Trinajstić information content (AvgIpc) is 3.08. The van der Waals surface area contributed by atoms with Gasteiger partial charge in [-0.1, -0.05) is 23.2 Å². The van der Waals surface area contributed by atoms with Gasteiger partial charge in [-0.3, -0.25) is 4.79 Å². The zero-order valence-electron chi connectivity index (χ0n) is 16.9. The van der Waals surface area contributed by atoms with Crippen LogP contribution in [0.2, 0.25) is 10.0 Å². The molecule has 5 nitrogen and oxygen atoms in total. The van der Waals surface area contributed by atoms with Gasteiger partial charge in [-0.05, 0) is 87.3 Å². The maximum absolute atomic E-state index is 13.2. The number of hydrogen-bond acceptors (Lipinski definition) is 3. The van der Waals surface area contributed by atoms with Gasteiger partial charge in [0, 0.05) is 29.6 Å². The summed E-state index contributed by atoms with van der Waals surface area (Å²) >= 11 is 12.1. The maximum atomic E-state index is 13.2. The zero-order valence-corrected chi connectivity index (χ0v) is 19.3. The first-order valence-corrected chi connectivity index (χ1v) is 13.2. The van der Waals surface area contributed by atoms with Crippen molar-refractivity contribution in [3.05, 3.63) is 28.2 Å². The topological polar surface area (TPSA) is 66.5 Å². The van der Waals surface area contributed by atoms with Crippen LogP contribution in [0.3, 0.4) is 0 Å². The smallest absolute Gasteiger partial charge is 0.244 e. The van der Waals surface area contributed by atoms with Crippen molar-refractivity contribution < 1.29 is 13.2 Å². The summed E-state index contributed by atoms with van der Waals surface area (Å²) in [6.07, 6.45) is 8.92. The van der Waals surface area contributed by atoms with Gasteiger partial charge in [0.1, 0.15) is 4.90 Å². The van der Waals surface area contributed by atoms with Crippen LogP contribution in [0.25, 0.3) is 0 Å². The normalized spacial score (nSPS) is 35.7. The second-order valence-corrected chi connectivity index (χ2v) is 12.6. The van der Waals surface area contributed by atoms with E-state index in [-0.39, 0.29) is 33.8 Å². The summed E-state index contributed by atoms with van der Waals surface area (Å²) in [5.41, 5.74) is -0.0480. The first kappa shape index (κ1) is 21.0. The van der Waals surface area contributed by atoms with Crippen LogP contribution < -0.4 is 5.32 Å². The standard InChI is InChI=1S/C22H28Cl2N2O3S/c23-17-3-4-20(19(24)9-17)30(28,29)26-5-1-2-18(26)10-21(27)25-22-11-14-6-15(12-22)8-16(7-14)13-22/h3-4,9,14-16,18H,1-2,5-8,10-13H2,(H,25,27). The Labute approximate surface area is 188 Å². The van der Waals surface area contributed by atoms with Crippen molar-refractivity contribution in [2.75, 3.05) is 6.54 Å². The number of halogens is 2. The number of carbonyl (C=O) groups is 1. The quantitative estimate of drug-likeness (QED) is 0.682. The molecule has 5 aliphatic rings. The molecule has 1 amide bonds. The van der Waals surface area contributed by atoms with E-state index in [1.807, 2.05) is 0 Å². The lowest BCUT2D eigenvalue weighted by atomic mass is 9.53. The molecule has 1 saturated heterocycles. The predicted octanol–water partition coefficient (Wildman–Crippen LogP) is 4.62. The molecule has 164 valence electrons. The second kappa shape index (κ2) is 7.65. The number of rotatable bonds is 5. The van der Waals surface area contributed by atoms with Crippen LogP contribution >= 0.6 is 23.2 Å². The minimum atomic E-state index is -3.77. The Bertz CT molecular complexity index is 930. The summed E-state index contributed by atoms with van der Waals surface area (Å²) in [7, 11) is -3.77. The van der Waals surface area contributed by atoms with E-state index in [2.05, 4.69) is 5.32 Å². The van der Waals surface area contributed by atoms with Crippen LogP contribution in [0.5, 0.6) is 0 Å². The van der Waals surface area contributed by atoms with Gasteiger partial charge >= 0.3 is 0 Å². The minimum Gasteiger partial charge on any atom is -0.351 e. The van der Waals surface area contributed by atoms with E-state index in [4.69, 9.17) is 23.2 Å². The molecule has 5 fully saturated rings. The van der Waals surface area contributed by atoms with Crippen LogP contribution in [0.4, 0.5) is 0 Å². The van der Waals surface area contributed by atoms with Crippen molar-refractivity contribution in [3.8, 4) is 0 Å². The third-order valence-electron chi connectivity index (χ3n) is 7.67. The molecule has 1 N–H and O–H groups in total. The summed E-state index contributed by atoms with van der Waals surface area (Å²) in [5, 5.41) is 3.89. The number of amides is 1. The number of nitrogens with zero attached hydrogens (tertiary/aromatic N) is 1. The monoisotopic (exact) mass is 470 g/mol. The highest BCUT2D eigenvalue weighted by Gasteiger charge is 2.51. The van der Waals surface area contributed by atoms with Crippen molar-refractivity contribution >= 4 is 39.1 Å². The molecule has 0 radical (unpaired) electrons. The third-order valence-corrected chi connectivity index (χ3v) is 10.3. The molecule has 6 rings (SSSR count). The Morgan fingerprint density at radius 3 is 2.33 bits per heavy atom. The van der Waals surface area contributed by atoms with Crippen molar-refractivity contribution in [1.29, 1.82) is 0 Å². The fraction of sp³-hybridized carbons (Fsp3) is 0.682. The average molecular weight is 471 g/mol. The molecule has 4 aliphatic carbocycles. The van der Waals surface area contributed by atoms with E-state index in [1.165, 1.54) is 41.8 Å². The minimum absolute atomic E-state index is 0.00810. The van der Waals surface area contributed by atoms with Gasteiger partial charge in [0.05, 0.1) is 5.02 Å². The molecular formula is C22H28Cl2N2O3S. The van der Waals surface area contributed by atoms with Gasteiger partial charge in [-0.15, -0.1) is 0 Å². The number of sulfonamides is 1. The Hall–Kier alpha value is -0.820. The number of carbonyl (C=O) groups excluding carboxylic acids is 1. The fourth-order valence-electron chi connectivity index (χ4n) is 6.96. The van der Waals surface area contributed by atoms with Crippen molar-refractivity contribution in [2.24, 2.45) is 17.8 Å². The molecule has 1 heterocycles. The largest absolute Gasteiger partial charge is 0.351 e. The van der Waals surface area contributed by atoms with E-state index in [1.54, 1.807) is 0 Å². The van der Waals surface area contributed by atoms with Crippen molar-refractivity contribution in [2.45, 2.75) is 74.3 Å². The van der Waals surface area contributed by atoms with Gasteiger partial charge in [0.2, 0.25) is 15.9 Å². The van der Waals surface area contributed by atoms with E-state index in [0.717, 1.165) is 43.4 Å². The van der Waals surface area contributed by atoms with Gasteiger partial charge < -0.3 is 5.32 Å². The summed E-state index contributed by atoms with van der Waals surface area (Å²) in [4.78, 5) is 13.1. The second-order valence-electron chi connectivity index (χ2n) is 9.94. The van der Waals surface area contributed by atoms with Crippen LogP contribution in [0.1, 0.15) is 57.8 Å². The Morgan fingerprint density at radius 2 is 1.73 bits per heavy atom. The molecular weight excluding hydrogens is 443 g/mol. The summed E-state index contributed by atoms with van der Waals surface area (Å²) in [6.45, 7) is 0.413. The van der Waals surface area contributed by atoms with Crippen LogP contribution in [-0.2, 0) is 14.8 Å². The Balaban J connectivity index is 1.29. The molecule has 1 atom stereocenters. The number of hydrogen-bond donors (Lipinski definition) is 1. The summed E-state index contributed by atoms with van der Waals surface area (Å²) in [6, 6.07) is 4.10. The van der Waals surface area contributed by atoms with Gasteiger partial charge in [-0.25, -0.2) is 8.42 Å².